The summed E-state index contributed by atoms with van der Waals surface area (Å²) in [6, 6.07) is 0. The summed E-state index contributed by atoms with van der Waals surface area (Å²) >= 11 is 0. The minimum Gasteiger partial charge on any atom is -0.299 e. The first-order valence-electron chi connectivity index (χ1n) is 8.43. The Hall–Kier alpha value is -1.18. The molecule has 0 spiro atoms. The highest BCUT2D eigenvalue weighted by atomic mass is 16.1. The van der Waals surface area contributed by atoms with Gasteiger partial charge in [-0.25, -0.2) is 0 Å². The molecule has 0 heterocycles. The van der Waals surface area contributed by atoms with E-state index in [9.17, 15) is 9.59 Å². The van der Waals surface area contributed by atoms with Crippen molar-refractivity contribution in [3.63, 3.8) is 0 Å². The van der Waals surface area contributed by atoms with Crippen LogP contribution < -0.4 is 0 Å². The molecule has 0 aromatic rings. The molecule has 5 atom stereocenters. The van der Waals surface area contributed by atoms with Gasteiger partial charge in [0.25, 0.3) is 0 Å². The third kappa shape index (κ3) is 1.65. The number of rotatable bonds is 0. The van der Waals surface area contributed by atoms with Crippen molar-refractivity contribution in [2.24, 2.45) is 28.6 Å². The zero-order chi connectivity index (χ0) is 14.8. The van der Waals surface area contributed by atoms with Gasteiger partial charge in [0.2, 0.25) is 0 Å². The Labute approximate surface area is 126 Å². The van der Waals surface area contributed by atoms with Crippen molar-refractivity contribution in [3.8, 4) is 0 Å². The summed E-state index contributed by atoms with van der Waals surface area (Å²) in [7, 11) is 0. The molecule has 2 nitrogen and oxygen atoms in total. The molecule has 0 saturated heterocycles. The molecular formula is C19H24O2. The van der Waals surface area contributed by atoms with Crippen LogP contribution in [0.25, 0.3) is 0 Å². The van der Waals surface area contributed by atoms with E-state index >= 15 is 0 Å². The third-order valence-corrected chi connectivity index (χ3v) is 7.27. The topological polar surface area (TPSA) is 34.1 Å². The molecule has 3 saturated carbocycles. The average Bonchev–Trinajstić information content (AvgIpc) is 2.76. The average molecular weight is 284 g/mol. The molecule has 0 bridgehead atoms. The maximum atomic E-state index is 12.3. The summed E-state index contributed by atoms with van der Waals surface area (Å²) in [5, 5.41) is 0. The predicted molar refractivity (Wildman–Crippen MR) is 81.6 cm³/mol. The van der Waals surface area contributed by atoms with Crippen molar-refractivity contribution < 1.29 is 9.59 Å². The molecule has 0 radical (unpaired) electrons. The number of hydrogen-bond donors (Lipinski definition) is 0. The third-order valence-electron chi connectivity index (χ3n) is 7.27. The van der Waals surface area contributed by atoms with Gasteiger partial charge in [-0.3, -0.25) is 9.59 Å². The Morgan fingerprint density at radius 1 is 1.05 bits per heavy atom. The second kappa shape index (κ2) is 4.18. The van der Waals surface area contributed by atoms with Crippen LogP contribution in [0, 0.1) is 28.6 Å². The predicted octanol–water partition coefficient (Wildman–Crippen LogP) is 3.86. The van der Waals surface area contributed by atoms with Crippen LogP contribution in [0.4, 0.5) is 0 Å². The second-order valence-corrected chi connectivity index (χ2v) is 8.02. The highest BCUT2D eigenvalue weighted by Crippen LogP contribution is 2.63. The monoisotopic (exact) mass is 284 g/mol. The number of hydrogen-bond acceptors (Lipinski definition) is 2. The quantitative estimate of drug-likeness (QED) is 0.677. The summed E-state index contributed by atoms with van der Waals surface area (Å²) < 4.78 is 0. The molecule has 21 heavy (non-hydrogen) atoms. The minimum absolute atomic E-state index is 0.0487. The molecule has 0 unspecified atom stereocenters. The van der Waals surface area contributed by atoms with Crippen molar-refractivity contribution in [1.82, 2.24) is 0 Å². The Bertz CT molecular complexity index is 584. The van der Waals surface area contributed by atoms with Gasteiger partial charge in [-0.1, -0.05) is 25.5 Å². The molecule has 0 aromatic carbocycles. The fourth-order valence-electron chi connectivity index (χ4n) is 5.97. The van der Waals surface area contributed by atoms with E-state index in [1.165, 1.54) is 12.0 Å². The van der Waals surface area contributed by atoms with Crippen LogP contribution >= 0.6 is 0 Å². The Morgan fingerprint density at radius 3 is 2.67 bits per heavy atom. The first-order chi connectivity index (χ1) is 9.95. The molecular weight excluding hydrogens is 260 g/mol. The Balaban J connectivity index is 1.72. The minimum atomic E-state index is -0.0487. The van der Waals surface area contributed by atoms with Crippen molar-refractivity contribution in [1.29, 1.82) is 0 Å². The smallest absolute Gasteiger partial charge is 0.178 e. The number of allylic oxidation sites excluding steroid dienone is 4. The highest BCUT2D eigenvalue weighted by molar-refractivity contribution is 6.01. The summed E-state index contributed by atoms with van der Waals surface area (Å²) in [6.45, 7) is 4.54. The van der Waals surface area contributed by atoms with Gasteiger partial charge in [-0.2, -0.15) is 0 Å². The van der Waals surface area contributed by atoms with Crippen LogP contribution in [0.15, 0.2) is 23.8 Å². The van der Waals surface area contributed by atoms with E-state index in [1.54, 1.807) is 6.08 Å². The van der Waals surface area contributed by atoms with Gasteiger partial charge in [0.1, 0.15) is 5.78 Å². The maximum Gasteiger partial charge on any atom is 0.178 e. The molecule has 0 aromatic heterocycles. The largest absolute Gasteiger partial charge is 0.299 e. The lowest BCUT2D eigenvalue weighted by atomic mass is 9.48. The van der Waals surface area contributed by atoms with Crippen LogP contribution in [-0.4, -0.2) is 11.6 Å². The van der Waals surface area contributed by atoms with Crippen LogP contribution in [0.5, 0.6) is 0 Å². The summed E-state index contributed by atoms with van der Waals surface area (Å²) in [4.78, 5) is 24.0. The number of carbonyl (C=O) groups is 2. The van der Waals surface area contributed by atoms with E-state index in [1.807, 2.05) is 6.08 Å². The number of carbonyl (C=O) groups excluding carboxylic acids is 2. The molecule has 0 N–H and O–H groups in total. The summed E-state index contributed by atoms with van der Waals surface area (Å²) in [5.41, 5.74) is 1.35. The van der Waals surface area contributed by atoms with Crippen molar-refractivity contribution >= 4 is 11.6 Å². The van der Waals surface area contributed by atoms with E-state index in [4.69, 9.17) is 0 Å². The van der Waals surface area contributed by atoms with Crippen molar-refractivity contribution in [3.05, 3.63) is 23.8 Å². The number of ketones is 2. The Kier molecular flexibility index (Phi) is 2.68. The highest BCUT2D eigenvalue weighted by Gasteiger charge is 2.58. The Morgan fingerprint density at radius 2 is 1.86 bits per heavy atom. The second-order valence-electron chi connectivity index (χ2n) is 8.02. The molecule has 3 fully saturated rings. The summed E-state index contributed by atoms with van der Waals surface area (Å²) in [5.74, 6) is 2.51. The first-order valence-corrected chi connectivity index (χ1v) is 8.43. The van der Waals surface area contributed by atoms with Gasteiger partial charge in [-0.15, -0.1) is 0 Å². The molecule has 4 rings (SSSR count). The van der Waals surface area contributed by atoms with Crippen molar-refractivity contribution in [2.75, 3.05) is 0 Å². The van der Waals surface area contributed by atoms with E-state index in [0.717, 1.165) is 32.1 Å². The number of Topliss-reactive ketones (excluding diaryl/α,β-unsaturated/α-hetero) is 1. The molecule has 112 valence electrons. The van der Waals surface area contributed by atoms with Gasteiger partial charge in [-0.05, 0) is 62.0 Å². The van der Waals surface area contributed by atoms with Gasteiger partial charge in [0, 0.05) is 17.3 Å². The SMILES string of the molecule is C[C@]12C=CC(=O)C=C1CC[C@@H]1[C@H]2CC[C@]2(C)C(=O)CC[C@@H]12. The van der Waals surface area contributed by atoms with Gasteiger partial charge < -0.3 is 0 Å². The maximum absolute atomic E-state index is 12.3. The fraction of sp³-hybridized carbons (Fsp3) is 0.684. The summed E-state index contributed by atoms with van der Waals surface area (Å²) in [6.07, 6.45) is 12.1. The van der Waals surface area contributed by atoms with E-state index in [2.05, 4.69) is 19.9 Å². The zero-order valence-electron chi connectivity index (χ0n) is 13.0. The van der Waals surface area contributed by atoms with Crippen LogP contribution in [-0.2, 0) is 9.59 Å². The lowest BCUT2D eigenvalue weighted by Gasteiger charge is -2.55. The normalized spacial score (nSPS) is 48.5. The van der Waals surface area contributed by atoms with Crippen LogP contribution in [0.1, 0.15) is 52.4 Å². The zero-order valence-corrected chi connectivity index (χ0v) is 13.0. The van der Waals surface area contributed by atoms with Gasteiger partial charge in [0.15, 0.2) is 5.78 Å². The van der Waals surface area contributed by atoms with Crippen molar-refractivity contribution in [2.45, 2.75) is 52.4 Å². The molecule has 2 heteroatoms. The molecule has 0 amide bonds. The molecule has 4 aliphatic rings. The first kappa shape index (κ1) is 13.5. The van der Waals surface area contributed by atoms with Gasteiger partial charge in [0.05, 0.1) is 0 Å². The molecule has 0 aliphatic heterocycles. The van der Waals surface area contributed by atoms with E-state index in [-0.39, 0.29) is 16.6 Å². The lowest BCUT2D eigenvalue weighted by Crippen LogP contribution is -2.49. The number of fused-ring (bicyclic) bond motifs is 5. The lowest BCUT2D eigenvalue weighted by molar-refractivity contribution is -0.131. The van der Waals surface area contributed by atoms with E-state index in [0.29, 0.717) is 23.5 Å². The fourth-order valence-corrected chi connectivity index (χ4v) is 5.97. The van der Waals surface area contributed by atoms with Crippen LogP contribution in [0.2, 0.25) is 0 Å². The van der Waals surface area contributed by atoms with Crippen LogP contribution in [0.3, 0.4) is 0 Å². The van der Waals surface area contributed by atoms with Gasteiger partial charge >= 0.3 is 0 Å². The molecule has 4 aliphatic carbocycles. The van der Waals surface area contributed by atoms with E-state index < -0.39 is 0 Å². The standard InChI is InChI=1S/C19H24O2/c1-18-9-7-13(20)11-12(18)3-4-14-15-5-6-17(21)19(15,2)10-8-16(14)18/h7,9,11,14-16H,3-6,8,10H2,1-2H3/t14-,15-,16+,18-,19-/m0/s1.